The number of hydrogen-bond acceptors (Lipinski definition) is 6. The first-order chi connectivity index (χ1) is 9.13. The standard InChI is InChI=1S/C13H13N5O/c1-8-17-12(11(7-15)13(16)18-8)5-4-9-2-3-10(6-14)19-9/h2-3,7,15H,4-5H2,1H3,(H2,16,17,18). The molecule has 6 heteroatoms. The second-order valence-corrected chi connectivity index (χ2v) is 4.04. The van der Waals surface area contributed by atoms with E-state index in [1.807, 2.05) is 6.07 Å². The summed E-state index contributed by atoms with van der Waals surface area (Å²) in [5, 5.41) is 16.0. The molecule has 0 spiro atoms. The van der Waals surface area contributed by atoms with E-state index >= 15 is 0 Å². The van der Waals surface area contributed by atoms with Crippen LogP contribution in [-0.2, 0) is 12.8 Å². The number of aromatic nitrogens is 2. The molecule has 6 nitrogen and oxygen atoms in total. The number of anilines is 1. The minimum absolute atomic E-state index is 0.292. The van der Waals surface area contributed by atoms with Gasteiger partial charge in [-0.15, -0.1) is 0 Å². The molecule has 0 aliphatic rings. The summed E-state index contributed by atoms with van der Waals surface area (Å²) < 4.78 is 5.30. The summed E-state index contributed by atoms with van der Waals surface area (Å²) in [6, 6.07) is 5.33. The van der Waals surface area contributed by atoms with E-state index in [9.17, 15) is 0 Å². The van der Waals surface area contributed by atoms with Crippen LogP contribution in [0.25, 0.3) is 0 Å². The summed E-state index contributed by atoms with van der Waals surface area (Å²) >= 11 is 0. The van der Waals surface area contributed by atoms with Crippen molar-refractivity contribution in [2.75, 3.05) is 5.73 Å². The number of nitrogens with zero attached hydrogens (tertiary/aromatic N) is 3. The molecule has 0 radical (unpaired) electrons. The van der Waals surface area contributed by atoms with Crippen molar-refractivity contribution in [3.05, 3.63) is 40.7 Å². The molecule has 96 valence electrons. The molecule has 0 saturated carbocycles. The van der Waals surface area contributed by atoms with Crippen LogP contribution in [0, 0.1) is 23.7 Å². The number of nitrogens with two attached hydrogens (primary N) is 1. The highest BCUT2D eigenvalue weighted by molar-refractivity contribution is 5.84. The third-order valence-electron chi connectivity index (χ3n) is 2.69. The molecule has 3 N–H and O–H groups in total. The average molecular weight is 255 g/mol. The quantitative estimate of drug-likeness (QED) is 0.806. The molecule has 19 heavy (non-hydrogen) atoms. The van der Waals surface area contributed by atoms with E-state index in [4.69, 9.17) is 20.8 Å². The van der Waals surface area contributed by atoms with Crippen molar-refractivity contribution >= 4 is 12.0 Å². The number of nitriles is 1. The van der Waals surface area contributed by atoms with E-state index < -0.39 is 0 Å². The minimum atomic E-state index is 0.292. The lowest BCUT2D eigenvalue weighted by Gasteiger charge is -2.07. The zero-order valence-corrected chi connectivity index (χ0v) is 10.5. The molecular formula is C13H13N5O. The van der Waals surface area contributed by atoms with E-state index in [-0.39, 0.29) is 0 Å². The molecule has 0 amide bonds. The van der Waals surface area contributed by atoms with Gasteiger partial charge in [-0.25, -0.2) is 9.97 Å². The number of hydrogen-bond donors (Lipinski definition) is 2. The Kier molecular flexibility index (Phi) is 3.57. The second kappa shape index (κ2) is 5.31. The molecule has 2 aromatic heterocycles. The van der Waals surface area contributed by atoms with Crippen LogP contribution in [0.2, 0.25) is 0 Å². The number of furan rings is 1. The molecule has 0 fully saturated rings. The van der Waals surface area contributed by atoms with Crippen LogP contribution in [0.1, 0.15) is 28.6 Å². The second-order valence-electron chi connectivity index (χ2n) is 4.04. The third-order valence-corrected chi connectivity index (χ3v) is 2.69. The molecule has 0 aromatic carbocycles. The van der Waals surface area contributed by atoms with Crippen molar-refractivity contribution in [2.45, 2.75) is 19.8 Å². The smallest absolute Gasteiger partial charge is 0.203 e. The Bertz CT molecular complexity index is 654. The van der Waals surface area contributed by atoms with Gasteiger partial charge in [-0.2, -0.15) is 5.26 Å². The molecule has 0 aliphatic carbocycles. The number of nitrogens with one attached hydrogen (secondary N) is 1. The van der Waals surface area contributed by atoms with Crippen LogP contribution in [-0.4, -0.2) is 16.2 Å². The Morgan fingerprint density at radius 3 is 2.84 bits per heavy atom. The lowest BCUT2D eigenvalue weighted by atomic mass is 10.1. The highest BCUT2D eigenvalue weighted by Gasteiger charge is 2.10. The fourth-order valence-electron chi connectivity index (χ4n) is 1.82. The van der Waals surface area contributed by atoms with Gasteiger partial charge in [-0.3, -0.25) is 0 Å². The number of nitrogen functional groups attached to an aromatic ring is 1. The normalized spacial score (nSPS) is 10.1. The lowest BCUT2D eigenvalue weighted by Crippen LogP contribution is -2.08. The first kappa shape index (κ1) is 12.8. The van der Waals surface area contributed by atoms with Crippen LogP contribution in [0.3, 0.4) is 0 Å². The summed E-state index contributed by atoms with van der Waals surface area (Å²) in [7, 11) is 0. The highest BCUT2D eigenvalue weighted by Crippen LogP contribution is 2.15. The summed E-state index contributed by atoms with van der Waals surface area (Å²) in [5.41, 5.74) is 7.02. The van der Waals surface area contributed by atoms with Gasteiger partial charge in [-0.1, -0.05) is 0 Å². The fraction of sp³-hybridized carbons (Fsp3) is 0.231. The van der Waals surface area contributed by atoms with Crippen molar-refractivity contribution in [3.63, 3.8) is 0 Å². The van der Waals surface area contributed by atoms with Gasteiger partial charge in [0.1, 0.15) is 23.5 Å². The number of aryl methyl sites for hydroxylation is 3. The molecule has 0 saturated heterocycles. The molecule has 0 aliphatic heterocycles. The van der Waals surface area contributed by atoms with Gasteiger partial charge < -0.3 is 15.6 Å². The Labute approximate surface area is 110 Å². The Hall–Kier alpha value is -2.68. The van der Waals surface area contributed by atoms with E-state index in [2.05, 4.69) is 9.97 Å². The predicted octanol–water partition coefficient (Wildman–Crippen LogP) is 1.61. The topological polar surface area (TPSA) is 113 Å². The van der Waals surface area contributed by atoms with Gasteiger partial charge in [0, 0.05) is 12.6 Å². The monoisotopic (exact) mass is 255 g/mol. The average Bonchev–Trinajstić information content (AvgIpc) is 2.83. The predicted molar refractivity (Wildman–Crippen MR) is 69.9 cm³/mol. The number of rotatable bonds is 4. The van der Waals surface area contributed by atoms with Gasteiger partial charge in [-0.05, 0) is 25.5 Å². The van der Waals surface area contributed by atoms with Gasteiger partial charge in [0.05, 0.1) is 11.3 Å². The molecule has 0 unspecified atom stereocenters. The highest BCUT2D eigenvalue weighted by atomic mass is 16.3. The van der Waals surface area contributed by atoms with Crippen LogP contribution in [0.5, 0.6) is 0 Å². The van der Waals surface area contributed by atoms with Crippen LogP contribution in [0.4, 0.5) is 5.82 Å². The summed E-state index contributed by atoms with van der Waals surface area (Å²) in [6.45, 7) is 1.76. The molecule has 0 atom stereocenters. The van der Waals surface area contributed by atoms with Gasteiger partial charge in [0.2, 0.25) is 5.76 Å². The van der Waals surface area contributed by atoms with Gasteiger partial charge in [0.15, 0.2) is 0 Å². The zero-order valence-electron chi connectivity index (χ0n) is 10.5. The molecule has 2 heterocycles. The maximum atomic E-state index is 8.68. The summed E-state index contributed by atoms with van der Waals surface area (Å²) in [5.74, 6) is 1.90. The van der Waals surface area contributed by atoms with Crippen LogP contribution in [0.15, 0.2) is 16.5 Å². The van der Waals surface area contributed by atoms with Crippen molar-refractivity contribution in [3.8, 4) is 6.07 Å². The maximum Gasteiger partial charge on any atom is 0.203 e. The van der Waals surface area contributed by atoms with E-state index in [1.54, 1.807) is 19.1 Å². The first-order valence-electron chi connectivity index (χ1n) is 5.76. The third kappa shape index (κ3) is 2.77. The van der Waals surface area contributed by atoms with Crippen LogP contribution >= 0.6 is 0 Å². The van der Waals surface area contributed by atoms with E-state index in [0.717, 1.165) is 11.9 Å². The molecule has 2 rings (SSSR count). The minimum Gasteiger partial charge on any atom is -0.451 e. The zero-order chi connectivity index (χ0) is 13.8. The molecular weight excluding hydrogens is 242 g/mol. The Morgan fingerprint density at radius 2 is 2.21 bits per heavy atom. The molecule has 2 aromatic rings. The summed E-state index contributed by atoms with van der Waals surface area (Å²) in [4.78, 5) is 8.32. The first-order valence-corrected chi connectivity index (χ1v) is 5.76. The van der Waals surface area contributed by atoms with Crippen molar-refractivity contribution in [1.82, 2.24) is 9.97 Å². The van der Waals surface area contributed by atoms with Crippen molar-refractivity contribution in [1.29, 1.82) is 10.7 Å². The summed E-state index contributed by atoms with van der Waals surface area (Å²) in [6.07, 6.45) is 2.34. The van der Waals surface area contributed by atoms with Gasteiger partial charge >= 0.3 is 0 Å². The SMILES string of the molecule is Cc1nc(N)c(C=N)c(CCc2ccc(C#N)o2)n1. The van der Waals surface area contributed by atoms with Crippen molar-refractivity contribution in [2.24, 2.45) is 0 Å². The molecule has 0 bridgehead atoms. The Morgan fingerprint density at radius 1 is 1.42 bits per heavy atom. The fourth-order valence-corrected chi connectivity index (χ4v) is 1.82. The van der Waals surface area contributed by atoms with Crippen LogP contribution < -0.4 is 5.73 Å². The maximum absolute atomic E-state index is 8.68. The van der Waals surface area contributed by atoms with E-state index in [0.29, 0.717) is 41.6 Å². The van der Waals surface area contributed by atoms with Crippen molar-refractivity contribution < 1.29 is 4.42 Å². The van der Waals surface area contributed by atoms with Gasteiger partial charge in [0.25, 0.3) is 0 Å². The largest absolute Gasteiger partial charge is 0.451 e. The van der Waals surface area contributed by atoms with E-state index in [1.165, 1.54) is 0 Å². The Balaban J connectivity index is 2.19. The lowest BCUT2D eigenvalue weighted by molar-refractivity contribution is 0.496.